The minimum absolute atomic E-state index is 0.0747. The summed E-state index contributed by atoms with van der Waals surface area (Å²) in [7, 11) is 0. The van der Waals surface area contributed by atoms with E-state index in [-0.39, 0.29) is 6.04 Å². The van der Waals surface area contributed by atoms with Crippen molar-refractivity contribution in [3.8, 4) is 0 Å². The molecule has 2 aliphatic rings. The van der Waals surface area contributed by atoms with Crippen molar-refractivity contribution < 1.29 is 0 Å². The number of hydrogen-bond acceptors (Lipinski definition) is 3. The smallest absolute Gasteiger partial charge is 0.121 e. The van der Waals surface area contributed by atoms with Gasteiger partial charge in [-0.15, -0.1) is 0 Å². The summed E-state index contributed by atoms with van der Waals surface area (Å²) < 4.78 is 0. The fourth-order valence-corrected chi connectivity index (χ4v) is 3.77. The zero-order valence-corrected chi connectivity index (χ0v) is 13.3. The Morgan fingerprint density at radius 2 is 1.95 bits per heavy atom. The second-order valence-electron chi connectivity index (χ2n) is 6.49. The molecule has 3 heteroatoms. The molecular formula is C18H27N3. The third-order valence-corrected chi connectivity index (χ3v) is 5.18. The Labute approximate surface area is 128 Å². The summed E-state index contributed by atoms with van der Waals surface area (Å²) in [5, 5.41) is 0. The Morgan fingerprint density at radius 3 is 2.71 bits per heavy atom. The molecule has 1 aliphatic carbocycles. The van der Waals surface area contributed by atoms with E-state index in [9.17, 15) is 0 Å². The van der Waals surface area contributed by atoms with Crippen molar-refractivity contribution in [2.24, 2.45) is 10.7 Å². The average molecular weight is 285 g/mol. The van der Waals surface area contributed by atoms with Crippen LogP contribution in [0.15, 0.2) is 23.2 Å². The molecule has 1 aliphatic heterocycles. The predicted octanol–water partition coefficient (Wildman–Crippen LogP) is 3.35. The van der Waals surface area contributed by atoms with Gasteiger partial charge in [0.2, 0.25) is 0 Å². The van der Waals surface area contributed by atoms with Crippen molar-refractivity contribution >= 4 is 5.84 Å². The maximum Gasteiger partial charge on any atom is 0.121 e. The monoisotopic (exact) mass is 285 g/mol. The van der Waals surface area contributed by atoms with Crippen LogP contribution < -0.4 is 5.73 Å². The minimum Gasteiger partial charge on any atom is -0.354 e. The molecule has 0 spiro atoms. The van der Waals surface area contributed by atoms with Crippen LogP contribution in [0, 0.1) is 13.8 Å². The van der Waals surface area contributed by atoms with E-state index in [0.29, 0.717) is 6.04 Å². The Morgan fingerprint density at radius 1 is 1.19 bits per heavy atom. The summed E-state index contributed by atoms with van der Waals surface area (Å²) in [5.41, 5.74) is 10.4. The van der Waals surface area contributed by atoms with E-state index < -0.39 is 0 Å². The van der Waals surface area contributed by atoms with Crippen molar-refractivity contribution in [1.82, 2.24) is 4.90 Å². The maximum absolute atomic E-state index is 6.59. The highest BCUT2D eigenvalue weighted by Crippen LogP contribution is 2.29. The van der Waals surface area contributed by atoms with Crippen molar-refractivity contribution in [2.45, 2.75) is 58.0 Å². The Bertz CT molecular complexity index is 529. The lowest BCUT2D eigenvalue weighted by molar-refractivity contribution is 0.254. The molecule has 1 aromatic carbocycles. The van der Waals surface area contributed by atoms with Gasteiger partial charge in [0.05, 0.1) is 12.6 Å². The first-order chi connectivity index (χ1) is 10.2. The van der Waals surface area contributed by atoms with Crippen LogP contribution in [0.2, 0.25) is 0 Å². The molecule has 0 radical (unpaired) electrons. The van der Waals surface area contributed by atoms with Crippen molar-refractivity contribution in [2.75, 3.05) is 13.1 Å². The molecule has 1 unspecified atom stereocenters. The molecule has 21 heavy (non-hydrogen) atoms. The van der Waals surface area contributed by atoms with Crippen LogP contribution in [0.3, 0.4) is 0 Å². The molecular weight excluding hydrogens is 258 g/mol. The van der Waals surface area contributed by atoms with Crippen LogP contribution in [-0.4, -0.2) is 29.9 Å². The zero-order valence-electron chi connectivity index (χ0n) is 13.3. The van der Waals surface area contributed by atoms with Gasteiger partial charge >= 0.3 is 0 Å². The van der Waals surface area contributed by atoms with Crippen LogP contribution in [-0.2, 0) is 0 Å². The zero-order chi connectivity index (χ0) is 14.8. The number of rotatable bonds is 3. The van der Waals surface area contributed by atoms with Gasteiger partial charge in [-0.3, -0.25) is 4.99 Å². The highest BCUT2D eigenvalue weighted by Gasteiger charge is 2.31. The highest BCUT2D eigenvalue weighted by molar-refractivity contribution is 5.90. The van der Waals surface area contributed by atoms with E-state index in [1.54, 1.807) is 0 Å². The number of amidine groups is 1. The first-order valence-electron chi connectivity index (χ1n) is 8.31. The minimum atomic E-state index is -0.0747. The average Bonchev–Trinajstić information content (AvgIpc) is 3.00. The number of benzene rings is 1. The molecule has 3 nitrogen and oxygen atoms in total. The molecule has 1 atom stereocenters. The maximum atomic E-state index is 6.59. The third-order valence-electron chi connectivity index (χ3n) is 5.18. The number of aliphatic imine (C=N–C) groups is 1. The van der Waals surface area contributed by atoms with E-state index in [2.05, 4.69) is 36.9 Å². The van der Waals surface area contributed by atoms with Crippen molar-refractivity contribution in [3.05, 3.63) is 34.9 Å². The van der Waals surface area contributed by atoms with Crippen LogP contribution in [0.1, 0.15) is 54.8 Å². The second-order valence-corrected chi connectivity index (χ2v) is 6.49. The van der Waals surface area contributed by atoms with Gasteiger partial charge < -0.3 is 10.6 Å². The Balaban J connectivity index is 1.82. The van der Waals surface area contributed by atoms with Gasteiger partial charge in [0.1, 0.15) is 5.84 Å². The molecule has 114 valence electrons. The molecule has 1 saturated carbocycles. The van der Waals surface area contributed by atoms with Gasteiger partial charge in [0, 0.05) is 12.6 Å². The molecule has 0 saturated heterocycles. The van der Waals surface area contributed by atoms with Gasteiger partial charge in [-0.05, 0) is 43.4 Å². The molecule has 1 aromatic rings. The topological polar surface area (TPSA) is 41.6 Å². The molecule has 0 amide bonds. The summed E-state index contributed by atoms with van der Waals surface area (Å²) >= 11 is 0. The van der Waals surface area contributed by atoms with Crippen LogP contribution in [0.4, 0.5) is 0 Å². The molecule has 0 bridgehead atoms. The highest BCUT2D eigenvalue weighted by atomic mass is 15.3. The van der Waals surface area contributed by atoms with E-state index in [1.807, 2.05) is 0 Å². The molecule has 0 aromatic heterocycles. The van der Waals surface area contributed by atoms with Crippen molar-refractivity contribution in [1.29, 1.82) is 0 Å². The number of hydrogen-bond donors (Lipinski definition) is 1. The summed E-state index contributed by atoms with van der Waals surface area (Å²) in [5.74, 6) is 1.12. The quantitative estimate of drug-likeness (QED) is 0.925. The molecule has 3 rings (SSSR count). The van der Waals surface area contributed by atoms with Crippen LogP contribution in [0.5, 0.6) is 0 Å². The van der Waals surface area contributed by atoms with Gasteiger partial charge in [0.15, 0.2) is 0 Å². The fourth-order valence-electron chi connectivity index (χ4n) is 3.77. The van der Waals surface area contributed by atoms with Gasteiger partial charge in [0.25, 0.3) is 0 Å². The predicted molar refractivity (Wildman–Crippen MR) is 88.7 cm³/mol. The Kier molecular flexibility index (Phi) is 4.29. The van der Waals surface area contributed by atoms with Crippen LogP contribution in [0.25, 0.3) is 0 Å². The standard InChI is InChI=1S/C18H27N3/c1-13-7-6-10-16(14(13)2)17(19)18-20-11-12-21(18)15-8-4-3-5-9-15/h6-7,10,15,17H,3-5,8-9,11-12,19H2,1-2H3. The van der Waals surface area contributed by atoms with Gasteiger partial charge in [-0.25, -0.2) is 0 Å². The van der Waals surface area contributed by atoms with Gasteiger partial charge in [-0.1, -0.05) is 37.5 Å². The first kappa shape index (κ1) is 14.6. The van der Waals surface area contributed by atoms with E-state index in [1.165, 1.54) is 48.8 Å². The largest absolute Gasteiger partial charge is 0.354 e. The van der Waals surface area contributed by atoms with Crippen molar-refractivity contribution in [3.63, 3.8) is 0 Å². The lowest BCUT2D eigenvalue weighted by Crippen LogP contribution is -2.43. The summed E-state index contributed by atoms with van der Waals surface area (Å²) in [6.07, 6.45) is 6.71. The SMILES string of the molecule is Cc1cccc(C(N)C2=NCCN2C2CCCCC2)c1C. The molecule has 1 heterocycles. The summed E-state index contributed by atoms with van der Waals surface area (Å²) in [6, 6.07) is 7.01. The number of nitrogens with two attached hydrogens (primary N) is 1. The normalized spacial score (nSPS) is 21.5. The number of nitrogens with zero attached hydrogens (tertiary/aromatic N) is 2. The first-order valence-corrected chi connectivity index (χ1v) is 8.31. The summed E-state index contributed by atoms with van der Waals surface area (Å²) in [4.78, 5) is 7.26. The molecule has 1 fully saturated rings. The van der Waals surface area contributed by atoms with E-state index >= 15 is 0 Å². The summed E-state index contributed by atoms with van der Waals surface area (Å²) in [6.45, 7) is 6.29. The number of aryl methyl sites for hydroxylation is 1. The third kappa shape index (κ3) is 2.84. The Hall–Kier alpha value is -1.35. The lowest BCUT2D eigenvalue weighted by atomic mass is 9.92. The molecule has 2 N–H and O–H groups in total. The van der Waals surface area contributed by atoms with E-state index in [0.717, 1.165) is 18.9 Å². The lowest BCUT2D eigenvalue weighted by Gasteiger charge is -2.35. The fraction of sp³-hybridized carbons (Fsp3) is 0.611. The van der Waals surface area contributed by atoms with Crippen LogP contribution >= 0.6 is 0 Å². The van der Waals surface area contributed by atoms with Gasteiger partial charge in [-0.2, -0.15) is 0 Å². The second kappa shape index (κ2) is 6.18. The van der Waals surface area contributed by atoms with E-state index in [4.69, 9.17) is 10.7 Å².